The number of carbonyl (C=O) groups excluding carboxylic acids is 3. The highest BCUT2D eigenvalue weighted by Crippen LogP contribution is 2.15. The molecule has 268 valence electrons. The van der Waals surface area contributed by atoms with Crippen molar-refractivity contribution in [1.29, 1.82) is 0 Å². The first-order valence-corrected chi connectivity index (χ1v) is 19.2. The van der Waals surface area contributed by atoms with Crippen LogP contribution in [0.5, 0.6) is 0 Å². The zero-order valence-electron chi connectivity index (χ0n) is 30.3. The molecule has 0 saturated carbocycles. The lowest BCUT2D eigenvalue weighted by atomic mass is 10.0. The molecule has 0 heterocycles. The Morgan fingerprint density at radius 1 is 0.609 bits per heavy atom. The zero-order chi connectivity index (χ0) is 33.9. The van der Waals surface area contributed by atoms with Crippen LogP contribution in [0.3, 0.4) is 0 Å². The summed E-state index contributed by atoms with van der Waals surface area (Å²) in [6.07, 6.45) is 35.0. The third-order valence-electron chi connectivity index (χ3n) is 8.40. The Morgan fingerprint density at radius 2 is 1.11 bits per heavy atom. The lowest BCUT2D eigenvalue weighted by Gasteiger charge is -2.15. The maximum Gasteiger partial charge on any atom is 0.306 e. The first-order chi connectivity index (χ1) is 22.4. The van der Waals surface area contributed by atoms with Gasteiger partial charge in [0, 0.05) is 19.3 Å². The third kappa shape index (κ3) is 33.4. The van der Waals surface area contributed by atoms with E-state index in [-0.39, 0.29) is 30.9 Å². The second-order valence-electron chi connectivity index (χ2n) is 13.5. The summed E-state index contributed by atoms with van der Waals surface area (Å²) in [6.45, 7) is 6.30. The Balaban J connectivity index is 3.61. The fourth-order valence-corrected chi connectivity index (χ4v) is 5.43. The average molecular weight is 649 g/mol. The van der Waals surface area contributed by atoms with Gasteiger partial charge in [-0.05, 0) is 44.1 Å². The van der Waals surface area contributed by atoms with Crippen LogP contribution in [-0.2, 0) is 23.9 Å². The van der Waals surface area contributed by atoms with Crippen LogP contribution in [0.1, 0.15) is 188 Å². The molecule has 1 atom stereocenters. The molecule has 0 bridgehead atoms. The Labute approximate surface area is 283 Å². The predicted molar refractivity (Wildman–Crippen MR) is 192 cm³/mol. The zero-order valence-corrected chi connectivity index (χ0v) is 30.3. The van der Waals surface area contributed by atoms with Crippen molar-refractivity contribution in [2.75, 3.05) is 13.2 Å². The quantitative estimate of drug-likeness (QED) is 0.0323. The van der Waals surface area contributed by atoms with E-state index in [1.54, 1.807) is 6.08 Å². The van der Waals surface area contributed by atoms with Crippen LogP contribution in [0, 0.1) is 5.92 Å². The standard InChI is InChI=1S/C40H72O6/c1-4-5-24-30-37(42)31-26-21-17-13-11-15-19-23-28-33-40(44)46-38(34-41)35-45-39(43)32-27-22-18-14-10-8-6-7-9-12-16-20-25-29-36(2)3/h17,21,26,31,36,38,41H,4-16,18-20,22-25,27-30,32-35H2,1-3H3/b21-17-,31-26+/t38-/m0/s1. The summed E-state index contributed by atoms with van der Waals surface area (Å²) < 4.78 is 10.6. The molecule has 0 rings (SSSR count). The maximum absolute atomic E-state index is 12.1. The molecule has 0 unspecified atom stereocenters. The van der Waals surface area contributed by atoms with E-state index in [0.29, 0.717) is 19.3 Å². The summed E-state index contributed by atoms with van der Waals surface area (Å²) >= 11 is 0. The van der Waals surface area contributed by atoms with E-state index in [4.69, 9.17) is 9.47 Å². The molecular weight excluding hydrogens is 576 g/mol. The molecule has 0 aromatic carbocycles. The van der Waals surface area contributed by atoms with Gasteiger partial charge in [0.1, 0.15) is 6.61 Å². The monoisotopic (exact) mass is 649 g/mol. The predicted octanol–water partition coefficient (Wildman–Crippen LogP) is 10.9. The Bertz CT molecular complexity index is 772. The lowest BCUT2D eigenvalue weighted by Crippen LogP contribution is -2.28. The molecule has 6 nitrogen and oxygen atoms in total. The van der Waals surface area contributed by atoms with E-state index in [1.165, 1.54) is 70.6 Å². The molecule has 0 aromatic heterocycles. The van der Waals surface area contributed by atoms with Gasteiger partial charge >= 0.3 is 11.9 Å². The van der Waals surface area contributed by atoms with Gasteiger partial charge in [0.05, 0.1) is 6.61 Å². The van der Waals surface area contributed by atoms with Crippen molar-refractivity contribution in [1.82, 2.24) is 0 Å². The molecule has 0 radical (unpaired) electrons. The molecule has 0 amide bonds. The van der Waals surface area contributed by atoms with Gasteiger partial charge < -0.3 is 14.6 Å². The molecular formula is C40H72O6. The van der Waals surface area contributed by atoms with Gasteiger partial charge in [-0.25, -0.2) is 0 Å². The molecule has 0 aliphatic carbocycles. The van der Waals surface area contributed by atoms with Crippen LogP contribution in [0.25, 0.3) is 0 Å². The van der Waals surface area contributed by atoms with E-state index in [2.05, 4.69) is 26.8 Å². The minimum absolute atomic E-state index is 0.0885. The largest absolute Gasteiger partial charge is 0.462 e. The van der Waals surface area contributed by atoms with Crippen LogP contribution < -0.4 is 0 Å². The molecule has 6 heteroatoms. The minimum Gasteiger partial charge on any atom is -0.462 e. The highest BCUT2D eigenvalue weighted by molar-refractivity contribution is 5.89. The minimum atomic E-state index is -0.797. The first kappa shape index (κ1) is 44.0. The molecule has 1 N–H and O–H groups in total. The van der Waals surface area contributed by atoms with E-state index in [9.17, 15) is 19.5 Å². The smallest absolute Gasteiger partial charge is 0.306 e. The number of hydrogen-bond acceptors (Lipinski definition) is 6. The first-order valence-electron chi connectivity index (χ1n) is 19.2. The van der Waals surface area contributed by atoms with Crippen molar-refractivity contribution in [3.05, 3.63) is 24.3 Å². The number of unbranched alkanes of at least 4 members (excludes halogenated alkanes) is 19. The van der Waals surface area contributed by atoms with Gasteiger partial charge in [-0.15, -0.1) is 0 Å². The van der Waals surface area contributed by atoms with Crippen molar-refractivity contribution < 1.29 is 29.0 Å². The van der Waals surface area contributed by atoms with E-state index < -0.39 is 6.10 Å². The second-order valence-corrected chi connectivity index (χ2v) is 13.5. The fraction of sp³-hybridized carbons (Fsp3) is 0.825. The summed E-state index contributed by atoms with van der Waals surface area (Å²) in [5, 5.41) is 9.53. The normalized spacial score (nSPS) is 12.4. The SMILES string of the molecule is CCCCCC(=O)/C=C/C=C\CCCCCCCC(=O)O[C@@H](CO)COC(=O)CCCCCCCCCCCCCCCC(C)C. The van der Waals surface area contributed by atoms with Gasteiger partial charge in [0.2, 0.25) is 0 Å². The topological polar surface area (TPSA) is 89.9 Å². The second kappa shape index (κ2) is 34.4. The van der Waals surface area contributed by atoms with E-state index >= 15 is 0 Å². The summed E-state index contributed by atoms with van der Waals surface area (Å²) in [7, 11) is 0. The van der Waals surface area contributed by atoms with Crippen molar-refractivity contribution in [3.8, 4) is 0 Å². The van der Waals surface area contributed by atoms with Crippen LogP contribution in [0.4, 0.5) is 0 Å². The van der Waals surface area contributed by atoms with Gasteiger partial charge in [-0.2, -0.15) is 0 Å². The summed E-state index contributed by atoms with van der Waals surface area (Å²) in [4.78, 5) is 35.9. The Kier molecular flexibility index (Phi) is 32.9. The van der Waals surface area contributed by atoms with Crippen LogP contribution in [0.2, 0.25) is 0 Å². The lowest BCUT2D eigenvalue weighted by molar-refractivity contribution is -0.161. The Morgan fingerprint density at radius 3 is 1.65 bits per heavy atom. The number of carbonyl (C=O) groups is 3. The number of ether oxygens (including phenoxy) is 2. The van der Waals surface area contributed by atoms with Gasteiger partial charge in [-0.3, -0.25) is 14.4 Å². The number of esters is 2. The summed E-state index contributed by atoms with van der Waals surface area (Å²) in [5.41, 5.74) is 0. The third-order valence-corrected chi connectivity index (χ3v) is 8.40. The van der Waals surface area contributed by atoms with Crippen LogP contribution in [-0.4, -0.2) is 42.1 Å². The number of ketones is 1. The van der Waals surface area contributed by atoms with E-state index in [1.807, 2.05) is 12.2 Å². The molecule has 0 fully saturated rings. The van der Waals surface area contributed by atoms with E-state index in [0.717, 1.165) is 83.0 Å². The number of aliphatic hydroxyl groups is 1. The molecule has 0 aromatic rings. The number of allylic oxidation sites excluding steroid dienone is 4. The van der Waals surface area contributed by atoms with Crippen molar-refractivity contribution in [2.45, 2.75) is 194 Å². The number of rotatable bonds is 34. The fourth-order valence-electron chi connectivity index (χ4n) is 5.43. The molecule has 46 heavy (non-hydrogen) atoms. The molecule has 0 spiro atoms. The summed E-state index contributed by atoms with van der Waals surface area (Å²) in [6, 6.07) is 0. The number of aliphatic hydroxyl groups excluding tert-OH is 1. The molecule has 0 aliphatic heterocycles. The summed E-state index contributed by atoms with van der Waals surface area (Å²) in [5.74, 6) is 0.391. The highest BCUT2D eigenvalue weighted by atomic mass is 16.6. The highest BCUT2D eigenvalue weighted by Gasteiger charge is 2.16. The van der Waals surface area contributed by atoms with Crippen molar-refractivity contribution in [2.24, 2.45) is 5.92 Å². The number of hydrogen-bond donors (Lipinski definition) is 1. The maximum atomic E-state index is 12.1. The average Bonchev–Trinajstić information content (AvgIpc) is 3.03. The van der Waals surface area contributed by atoms with Gasteiger partial charge in [0.25, 0.3) is 0 Å². The van der Waals surface area contributed by atoms with Crippen LogP contribution in [0.15, 0.2) is 24.3 Å². The molecule has 0 saturated heterocycles. The van der Waals surface area contributed by atoms with Gasteiger partial charge in [-0.1, -0.05) is 155 Å². The van der Waals surface area contributed by atoms with Crippen molar-refractivity contribution >= 4 is 17.7 Å². The molecule has 0 aliphatic rings. The Hall–Kier alpha value is -1.95. The van der Waals surface area contributed by atoms with Crippen molar-refractivity contribution in [3.63, 3.8) is 0 Å². The van der Waals surface area contributed by atoms with Gasteiger partial charge in [0.15, 0.2) is 11.9 Å². The van der Waals surface area contributed by atoms with Crippen LogP contribution >= 0.6 is 0 Å².